The fourth-order valence-corrected chi connectivity index (χ4v) is 3.26. The molecule has 0 amide bonds. The van der Waals surface area contributed by atoms with Crippen molar-refractivity contribution in [1.29, 1.82) is 0 Å². The van der Waals surface area contributed by atoms with Crippen LogP contribution >= 0.6 is 0 Å². The summed E-state index contributed by atoms with van der Waals surface area (Å²) in [6, 6.07) is 6.43. The molecule has 1 nitrogen and oxygen atoms in total. The van der Waals surface area contributed by atoms with E-state index in [0.717, 1.165) is 5.75 Å². The van der Waals surface area contributed by atoms with Crippen LogP contribution in [0, 0.1) is 5.92 Å². The van der Waals surface area contributed by atoms with E-state index in [1.165, 1.54) is 16.7 Å². The standard InChI is InChI=1S/C20H28O/c1-14-11-12-15(13-14)20(5,6)18-16(19(2,3)4)9-8-10-17(18)21-7/h8-13,15H,1-7H3. The fraction of sp³-hybridized carbons (Fsp3) is 0.500. The Balaban J connectivity index is 2.64. The van der Waals surface area contributed by atoms with Crippen LogP contribution in [-0.4, -0.2) is 7.11 Å². The highest BCUT2D eigenvalue weighted by Gasteiger charge is 2.36. The Bertz CT molecular complexity index is 582. The first kappa shape index (κ1) is 15.9. The largest absolute Gasteiger partial charge is 0.496 e. The Morgan fingerprint density at radius 2 is 1.71 bits per heavy atom. The van der Waals surface area contributed by atoms with Crippen LogP contribution in [0.4, 0.5) is 0 Å². The summed E-state index contributed by atoms with van der Waals surface area (Å²) in [5, 5.41) is 0. The third kappa shape index (κ3) is 2.92. The van der Waals surface area contributed by atoms with Gasteiger partial charge in [-0.15, -0.1) is 0 Å². The molecule has 1 heteroatoms. The van der Waals surface area contributed by atoms with Gasteiger partial charge in [0.05, 0.1) is 7.11 Å². The van der Waals surface area contributed by atoms with Gasteiger partial charge in [0.15, 0.2) is 0 Å². The van der Waals surface area contributed by atoms with Gasteiger partial charge in [-0.3, -0.25) is 0 Å². The highest BCUT2D eigenvalue weighted by Crippen LogP contribution is 2.45. The molecule has 1 aliphatic carbocycles. The second-order valence-corrected chi connectivity index (χ2v) is 7.65. The smallest absolute Gasteiger partial charge is 0.122 e. The molecule has 1 atom stereocenters. The topological polar surface area (TPSA) is 9.23 Å². The molecule has 2 rings (SSSR count). The van der Waals surface area contributed by atoms with Gasteiger partial charge in [0.2, 0.25) is 0 Å². The predicted molar refractivity (Wildman–Crippen MR) is 91.1 cm³/mol. The zero-order valence-corrected chi connectivity index (χ0v) is 14.4. The first-order chi connectivity index (χ1) is 9.67. The molecular weight excluding hydrogens is 256 g/mol. The number of benzene rings is 1. The van der Waals surface area contributed by atoms with E-state index >= 15 is 0 Å². The molecule has 0 aromatic heterocycles. The van der Waals surface area contributed by atoms with Gasteiger partial charge < -0.3 is 4.74 Å². The SMILES string of the molecule is COc1cccc(C(C)(C)C)c1C(C)(C)C1C=CC(C)=C1. The first-order valence-corrected chi connectivity index (χ1v) is 7.72. The molecule has 0 heterocycles. The van der Waals surface area contributed by atoms with Crippen molar-refractivity contribution in [2.45, 2.75) is 52.4 Å². The Hall–Kier alpha value is -1.50. The molecule has 21 heavy (non-hydrogen) atoms. The minimum Gasteiger partial charge on any atom is -0.496 e. The molecule has 0 spiro atoms. The first-order valence-electron chi connectivity index (χ1n) is 7.72. The summed E-state index contributed by atoms with van der Waals surface area (Å²) in [7, 11) is 1.77. The second-order valence-electron chi connectivity index (χ2n) is 7.65. The van der Waals surface area contributed by atoms with Crippen molar-refractivity contribution >= 4 is 0 Å². The number of hydrogen-bond acceptors (Lipinski definition) is 1. The second kappa shape index (κ2) is 5.36. The quantitative estimate of drug-likeness (QED) is 0.722. The lowest BCUT2D eigenvalue weighted by Gasteiger charge is -2.37. The maximum absolute atomic E-state index is 5.71. The lowest BCUT2D eigenvalue weighted by molar-refractivity contribution is 0.368. The average molecular weight is 284 g/mol. The summed E-state index contributed by atoms with van der Waals surface area (Å²) in [4.78, 5) is 0. The molecule has 1 aromatic rings. The lowest BCUT2D eigenvalue weighted by atomic mass is 9.68. The van der Waals surface area contributed by atoms with Gasteiger partial charge in [-0.2, -0.15) is 0 Å². The van der Waals surface area contributed by atoms with Gasteiger partial charge in [0.25, 0.3) is 0 Å². The highest BCUT2D eigenvalue weighted by molar-refractivity contribution is 5.50. The molecule has 1 aromatic carbocycles. The van der Waals surface area contributed by atoms with Crippen molar-refractivity contribution in [1.82, 2.24) is 0 Å². The molecule has 0 saturated heterocycles. The number of hydrogen-bond donors (Lipinski definition) is 0. The molecule has 114 valence electrons. The summed E-state index contributed by atoms with van der Waals surface area (Å²) >= 11 is 0. The van der Waals surface area contributed by atoms with Crippen LogP contribution in [0.25, 0.3) is 0 Å². The summed E-state index contributed by atoms with van der Waals surface area (Å²) in [5.41, 5.74) is 4.16. The van der Waals surface area contributed by atoms with E-state index in [4.69, 9.17) is 4.74 Å². The molecule has 0 N–H and O–H groups in total. The molecule has 0 saturated carbocycles. The van der Waals surface area contributed by atoms with Crippen LogP contribution in [0.15, 0.2) is 42.0 Å². The van der Waals surface area contributed by atoms with E-state index in [-0.39, 0.29) is 10.8 Å². The van der Waals surface area contributed by atoms with Crippen LogP contribution < -0.4 is 4.74 Å². The highest BCUT2D eigenvalue weighted by atomic mass is 16.5. The van der Waals surface area contributed by atoms with Crippen molar-refractivity contribution in [3.8, 4) is 5.75 Å². The minimum atomic E-state index is 0.00345. The Labute approximate surface area is 129 Å². The summed E-state index contributed by atoms with van der Waals surface area (Å²) in [6.07, 6.45) is 6.89. The maximum atomic E-state index is 5.71. The monoisotopic (exact) mass is 284 g/mol. The van der Waals surface area contributed by atoms with E-state index in [1.807, 2.05) is 0 Å². The van der Waals surface area contributed by atoms with E-state index in [1.54, 1.807) is 7.11 Å². The van der Waals surface area contributed by atoms with E-state index < -0.39 is 0 Å². The van der Waals surface area contributed by atoms with Crippen LogP contribution in [0.5, 0.6) is 5.75 Å². The van der Waals surface area contributed by atoms with E-state index in [0.29, 0.717) is 5.92 Å². The molecular formula is C20H28O. The van der Waals surface area contributed by atoms with Crippen LogP contribution in [0.2, 0.25) is 0 Å². The Kier molecular flexibility index (Phi) is 4.06. The van der Waals surface area contributed by atoms with Crippen molar-refractivity contribution < 1.29 is 4.74 Å². The zero-order valence-electron chi connectivity index (χ0n) is 14.4. The Morgan fingerprint density at radius 1 is 1.05 bits per heavy atom. The van der Waals surface area contributed by atoms with Gasteiger partial charge in [0.1, 0.15) is 5.75 Å². The number of allylic oxidation sites excluding steroid dienone is 4. The lowest BCUT2D eigenvalue weighted by Crippen LogP contribution is -2.30. The third-order valence-electron chi connectivity index (χ3n) is 4.54. The molecule has 0 radical (unpaired) electrons. The van der Waals surface area contributed by atoms with Crippen LogP contribution in [-0.2, 0) is 10.8 Å². The zero-order chi connectivity index (χ0) is 15.8. The fourth-order valence-electron chi connectivity index (χ4n) is 3.26. The maximum Gasteiger partial charge on any atom is 0.122 e. The molecule has 1 aliphatic rings. The average Bonchev–Trinajstić information content (AvgIpc) is 2.84. The van der Waals surface area contributed by atoms with Gasteiger partial charge in [-0.05, 0) is 24.0 Å². The normalized spacial score (nSPS) is 18.8. The van der Waals surface area contributed by atoms with Crippen molar-refractivity contribution in [2.75, 3.05) is 7.11 Å². The van der Waals surface area contributed by atoms with Gasteiger partial charge in [0, 0.05) is 16.9 Å². The summed E-state index contributed by atoms with van der Waals surface area (Å²) in [6.45, 7) is 13.6. The summed E-state index contributed by atoms with van der Waals surface area (Å²) < 4.78 is 5.71. The van der Waals surface area contributed by atoms with Crippen LogP contribution in [0.3, 0.4) is 0 Å². The van der Waals surface area contributed by atoms with Crippen molar-refractivity contribution in [2.24, 2.45) is 5.92 Å². The van der Waals surface area contributed by atoms with Crippen molar-refractivity contribution in [3.63, 3.8) is 0 Å². The van der Waals surface area contributed by atoms with E-state index in [9.17, 15) is 0 Å². The Morgan fingerprint density at radius 3 is 2.19 bits per heavy atom. The molecule has 0 fully saturated rings. The number of rotatable bonds is 3. The van der Waals surface area contributed by atoms with Gasteiger partial charge in [-0.25, -0.2) is 0 Å². The predicted octanol–water partition coefficient (Wildman–Crippen LogP) is 5.40. The number of methoxy groups -OCH3 is 1. The van der Waals surface area contributed by atoms with Crippen molar-refractivity contribution in [3.05, 3.63) is 53.1 Å². The van der Waals surface area contributed by atoms with E-state index in [2.05, 4.69) is 78.0 Å². The van der Waals surface area contributed by atoms with Gasteiger partial charge in [-0.1, -0.05) is 70.6 Å². The molecule has 0 aliphatic heterocycles. The minimum absolute atomic E-state index is 0.00345. The van der Waals surface area contributed by atoms with Gasteiger partial charge >= 0.3 is 0 Å². The third-order valence-corrected chi connectivity index (χ3v) is 4.54. The molecule has 0 bridgehead atoms. The van der Waals surface area contributed by atoms with Crippen LogP contribution in [0.1, 0.15) is 52.7 Å². The number of ether oxygens (including phenoxy) is 1. The molecule has 1 unspecified atom stereocenters. The summed E-state index contributed by atoms with van der Waals surface area (Å²) in [5.74, 6) is 1.41.